The SMILES string of the molecule is Clc1cccc([C@H]2c3[nH]c4ccccc4c3CCN2CCCn2cccn2)c1. The highest BCUT2D eigenvalue weighted by Gasteiger charge is 2.31. The predicted octanol–water partition coefficient (Wildman–Crippen LogP) is 5.06. The molecular formula is C23H23ClN4. The average Bonchev–Trinajstić information content (AvgIpc) is 3.35. The molecule has 4 aromatic rings. The van der Waals surface area contributed by atoms with Crippen LogP contribution in [-0.2, 0) is 13.0 Å². The van der Waals surface area contributed by atoms with Gasteiger partial charge in [-0.15, -0.1) is 0 Å². The number of hydrogen-bond acceptors (Lipinski definition) is 2. The van der Waals surface area contributed by atoms with Gasteiger partial charge >= 0.3 is 0 Å². The van der Waals surface area contributed by atoms with Crippen molar-refractivity contribution in [1.82, 2.24) is 19.7 Å². The molecule has 2 aromatic carbocycles. The van der Waals surface area contributed by atoms with Crippen molar-refractivity contribution in [2.75, 3.05) is 13.1 Å². The van der Waals surface area contributed by atoms with Gasteiger partial charge in [0.1, 0.15) is 0 Å². The Morgan fingerprint density at radius 3 is 2.86 bits per heavy atom. The van der Waals surface area contributed by atoms with E-state index in [0.29, 0.717) is 0 Å². The van der Waals surface area contributed by atoms with E-state index in [9.17, 15) is 0 Å². The lowest BCUT2D eigenvalue weighted by molar-refractivity contribution is 0.204. The number of nitrogens with one attached hydrogen (secondary N) is 1. The van der Waals surface area contributed by atoms with Crippen LogP contribution < -0.4 is 0 Å². The van der Waals surface area contributed by atoms with E-state index in [1.54, 1.807) is 0 Å². The standard InChI is InChI=1S/C23H23ClN4/c24-18-7-3-6-17(16-18)23-22-20(19-8-1-2-9-21(19)26-22)10-15-27(23)12-5-14-28-13-4-11-25-28/h1-4,6-9,11,13,16,23,26H,5,10,12,14-15H2/t23-/m0/s1. The first kappa shape index (κ1) is 17.5. The Morgan fingerprint density at radius 1 is 1.07 bits per heavy atom. The van der Waals surface area contributed by atoms with E-state index in [1.807, 2.05) is 29.2 Å². The molecule has 0 saturated heterocycles. The number of para-hydroxylation sites is 1. The summed E-state index contributed by atoms with van der Waals surface area (Å²) in [7, 11) is 0. The second-order valence-corrected chi connectivity index (χ2v) is 7.87. The Bertz CT molecular complexity index is 1080. The molecule has 0 amide bonds. The Kier molecular flexibility index (Phi) is 4.67. The topological polar surface area (TPSA) is 36.9 Å². The lowest BCUT2D eigenvalue weighted by atomic mass is 9.92. The van der Waals surface area contributed by atoms with Gasteiger partial charge in [0, 0.05) is 53.6 Å². The van der Waals surface area contributed by atoms with E-state index in [-0.39, 0.29) is 6.04 Å². The minimum atomic E-state index is 0.201. The van der Waals surface area contributed by atoms with Crippen molar-refractivity contribution in [3.63, 3.8) is 0 Å². The molecule has 1 atom stereocenters. The van der Waals surface area contributed by atoms with E-state index in [2.05, 4.69) is 57.4 Å². The fourth-order valence-corrected chi connectivity index (χ4v) is 4.65. The monoisotopic (exact) mass is 390 g/mol. The Hall–Kier alpha value is -2.56. The summed E-state index contributed by atoms with van der Waals surface area (Å²) < 4.78 is 2.01. The van der Waals surface area contributed by atoms with Gasteiger partial charge in [-0.1, -0.05) is 41.9 Å². The number of halogens is 1. The molecule has 1 aliphatic rings. The highest BCUT2D eigenvalue weighted by Crippen LogP contribution is 2.38. The maximum absolute atomic E-state index is 6.35. The van der Waals surface area contributed by atoms with Crippen LogP contribution in [0.3, 0.4) is 0 Å². The molecule has 1 N–H and O–H groups in total. The quantitative estimate of drug-likeness (QED) is 0.517. The number of rotatable bonds is 5. The van der Waals surface area contributed by atoms with E-state index in [0.717, 1.165) is 37.5 Å². The van der Waals surface area contributed by atoms with Crippen LogP contribution in [-0.4, -0.2) is 32.8 Å². The Balaban J connectivity index is 1.50. The van der Waals surface area contributed by atoms with Crippen molar-refractivity contribution in [1.29, 1.82) is 0 Å². The normalized spacial score (nSPS) is 17.1. The van der Waals surface area contributed by atoms with Crippen LogP contribution in [0.1, 0.15) is 29.3 Å². The minimum Gasteiger partial charge on any atom is -0.357 e. The summed E-state index contributed by atoms with van der Waals surface area (Å²) in [5, 5.41) is 6.46. The lowest BCUT2D eigenvalue weighted by Gasteiger charge is -2.36. The first-order valence-corrected chi connectivity index (χ1v) is 10.2. The Morgan fingerprint density at radius 2 is 2.00 bits per heavy atom. The third-order valence-electron chi connectivity index (χ3n) is 5.69. The average molecular weight is 391 g/mol. The first-order valence-electron chi connectivity index (χ1n) is 9.86. The van der Waals surface area contributed by atoms with Crippen molar-refractivity contribution in [2.45, 2.75) is 25.4 Å². The van der Waals surface area contributed by atoms with E-state index in [1.165, 1.54) is 27.7 Å². The van der Waals surface area contributed by atoms with Gasteiger partial charge in [-0.25, -0.2) is 0 Å². The molecule has 3 heterocycles. The number of benzene rings is 2. The second kappa shape index (κ2) is 7.46. The number of H-pyrrole nitrogens is 1. The van der Waals surface area contributed by atoms with Crippen molar-refractivity contribution in [2.24, 2.45) is 0 Å². The van der Waals surface area contributed by atoms with Crippen molar-refractivity contribution in [3.05, 3.63) is 88.8 Å². The fraction of sp³-hybridized carbons (Fsp3) is 0.261. The third-order valence-corrected chi connectivity index (χ3v) is 5.93. The molecule has 0 unspecified atom stereocenters. The molecule has 1 aliphatic heterocycles. The number of aromatic nitrogens is 3. The first-order chi connectivity index (χ1) is 13.8. The van der Waals surface area contributed by atoms with Crippen LogP contribution in [0.25, 0.3) is 10.9 Å². The van der Waals surface area contributed by atoms with E-state index >= 15 is 0 Å². The van der Waals surface area contributed by atoms with Gasteiger partial charge in [0.05, 0.1) is 6.04 Å². The van der Waals surface area contributed by atoms with Crippen LogP contribution in [0.5, 0.6) is 0 Å². The molecule has 4 nitrogen and oxygen atoms in total. The van der Waals surface area contributed by atoms with Gasteiger partial charge in [0.25, 0.3) is 0 Å². The number of aryl methyl sites for hydroxylation is 1. The van der Waals surface area contributed by atoms with Crippen LogP contribution in [0, 0.1) is 0 Å². The maximum Gasteiger partial charge on any atom is 0.0757 e. The summed E-state index contributed by atoms with van der Waals surface area (Å²) in [6, 6.07) is 19.1. The molecule has 5 rings (SSSR count). The highest BCUT2D eigenvalue weighted by molar-refractivity contribution is 6.30. The molecular weight excluding hydrogens is 368 g/mol. The van der Waals surface area contributed by atoms with Gasteiger partial charge in [-0.3, -0.25) is 9.58 Å². The van der Waals surface area contributed by atoms with Crippen LogP contribution in [0.4, 0.5) is 0 Å². The van der Waals surface area contributed by atoms with E-state index < -0.39 is 0 Å². The Labute approximate surface area is 169 Å². The second-order valence-electron chi connectivity index (χ2n) is 7.43. The zero-order chi connectivity index (χ0) is 18.9. The molecule has 0 fully saturated rings. The number of aromatic amines is 1. The number of nitrogens with zero attached hydrogens (tertiary/aromatic N) is 3. The number of hydrogen-bond donors (Lipinski definition) is 1. The maximum atomic E-state index is 6.35. The van der Waals surface area contributed by atoms with Crippen LogP contribution >= 0.6 is 11.6 Å². The third kappa shape index (κ3) is 3.23. The zero-order valence-corrected chi connectivity index (χ0v) is 16.4. The smallest absolute Gasteiger partial charge is 0.0757 e. The molecule has 0 spiro atoms. The van der Waals surface area contributed by atoms with Crippen LogP contribution in [0.2, 0.25) is 5.02 Å². The molecule has 0 aliphatic carbocycles. The van der Waals surface area contributed by atoms with Gasteiger partial charge in [0.15, 0.2) is 0 Å². The highest BCUT2D eigenvalue weighted by atomic mass is 35.5. The lowest BCUT2D eigenvalue weighted by Crippen LogP contribution is -2.37. The summed E-state index contributed by atoms with van der Waals surface area (Å²) >= 11 is 6.35. The molecule has 28 heavy (non-hydrogen) atoms. The molecule has 0 radical (unpaired) electrons. The van der Waals surface area contributed by atoms with Gasteiger partial charge in [-0.05, 0) is 48.2 Å². The van der Waals surface area contributed by atoms with Gasteiger partial charge < -0.3 is 4.98 Å². The van der Waals surface area contributed by atoms with Crippen molar-refractivity contribution < 1.29 is 0 Å². The fourth-order valence-electron chi connectivity index (χ4n) is 4.45. The van der Waals surface area contributed by atoms with Crippen molar-refractivity contribution >= 4 is 22.5 Å². The zero-order valence-electron chi connectivity index (χ0n) is 15.7. The molecule has 0 saturated carbocycles. The van der Waals surface area contributed by atoms with Crippen LogP contribution in [0.15, 0.2) is 67.0 Å². The summed E-state index contributed by atoms with van der Waals surface area (Å²) in [5.74, 6) is 0. The minimum absolute atomic E-state index is 0.201. The molecule has 0 bridgehead atoms. The number of fused-ring (bicyclic) bond motifs is 3. The van der Waals surface area contributed by atoms with Crippen molar-refractivity contribution in [3.8, 4) is 0 Å². The predicted molar refractivity (Wildman–Crippen MR) is 114 cm³/mol. The summed E-state index contributed by atoms with van der Waals surface area (Å²) in [4.78, 5) is 6.29. The molecule has 2 aromatic heterocycles. The van der Waals surface area contributed by atoms with Gasteiger partial charge in [0.2, 0.25) is 0 Å². The summed E-state index contributed by atoms with van der Waals surface area (Å²) in [5.41, 5.74) is 5.23. The van der Waals surface area contributed by atoms with E-state index in [4.69, 9.17) is 11.6 Å². The molecule has 142 valence electrons. The summed E-state index contributed by atoms with van der Waals surface area (Å²) in [6.45, 7) is 3.00. The molecule has 5 heteroatoms. The van der Waals surface area contributed by atoms with Gasteiger partial charge in [-0.2, -0.15) is 5.10 Å². The largest absolute Gasteiger partial charge is 0.357 e. The summed E-state index contributed by atoms with van der Waals surface area (Å²) in [6.07, 6.45) is 6.00.